The van der Waals surface area contributed by atoms with Crippen molar-refractivity contribution in [2.45, 2.75) is 72.8 Å². The molecular weight excluding hydrogens is 242 g/mol. The summed E-state index contributed by atoms with van der Waals surface area (Å²) >= 11 is 0. The van der Waals surface area contributed by atoms with E-state index in [1.807, 2.05) is 0 Å². The Hall–Kier alpha value is -0.820. The first-order chi connectivity index (χ1) is 9.08. The van der Waals surface area contributed by atoms with E-state index in [0.29, 0.717) is 11.3 Å². The van der Waals surface area contributed by atoms with Crippen LogP contribution in [0.2, 0.25) is 0 Å². The van der Waals surface area contributed by atoms with Crippen LogP contribution in [-0.2, 0) is 0 Å². The van der Waals surface area contributed by atoms with Crippen molar-refractivity contribution in [3.05, 3.63) is 35.4 Å². The molecule has 0 bridgehead atoms. The van der Waals surface area contributed by atoms with E-state index in [1.54, 1.807) is 0 Å². The molecule has 1 rings (SSSR count). The number of nitrogens with one attached hydrogen (secondary N) is 1. The predicted molar refractivity (Wildman–Crippen MR) is 90.4 cm³/mol. The van der Waals surface area contributed by atoms with Gasteiger partial charge in [-0.25, -0.2) is 0 Å². The molecule has 0 saturated carbocycles. The van der Waals surface area contributed by atoms with Gasteiger partial charge in [0.05, 0.1) is 0 Å². The second-order valence-corrected chi connectivity index (χ2v) is 8.28. The lowest BCUT2D eigenvalue weighted by Crippen LogP contribution is -2.38. The summed E-state index contributed by atoms with van der Waals surface area (Å²) in [6.45, 7) is 17.0. The first-order valence-electron chi connectivity index (χ1n) is 7.89. The van der Waals surface area contributed by atoms with Crippen LogP contribution in [-0.4, -0.2) is 12.1 Å². The molecule has 20 heavy (non-hydrogen) atoms. The molecule has 1 nitrogen and oxygen atoms in total. The minimum atomic E-state index is 0.183. The molecule has 0 aromatic heterocycles. The summed E-state index contributed by atoms with van der Waals surface area (Å²) < 4.78 is 0. The Kier molecular flexibility index (Phi) is 5.82. The average Bonchev–Trinajstić information content (AvgIpc) is 2.28. The van der Waals surface area contributed by atoms with Gasteiger partial charge in [0.1, 0.15) is 0 Å². The van der Waals surface area contributed by atoms with Crippen molar-refractivity contribution in [3.63, 3.8) is 0 Å². The highest BCUT2D eigenvalue weighted by molar-refractivity contribution is 5.29. The molecule has 1 aromatic carbocycles. The lowest BCUT2D eigenvalue weighted by molar-refractivity contribution is 0.330. The monoisotopic (exact) mass is 275 g/mol. The van der Waals surface area contributed by atoms with Gasteiger partial charge in [0.25, 0.3) is 0 Å². The van der Waals surface area contributed by atoms with E-state index in [1.165, 1.54) is 24.0 Å². The summed E-state index contributed by atoms with van der Waals surface area (Å²) in [5.41, 5.74) is 3.52. The van der Waals surface area contributed by atoms with Gasteiger partial charge in [0, 0.05) is 12.1 Å². The third-order valence-corrected chi connectivity index (χ3v) is 3.75. The Morgan fingerprint density at radius 2 is 1.60 bits per heavy atom. The predicted octanol–water partition coefficient (Wildman–Crippen LogP) is 5.29. The molecular formula is C19H33N. The fraction of sp³-hybridized carbons (Fsp3) is 0.684. The lowest BCUT2D eigenvalue weighted by atomic mass is 9.83. The average molecular weight is 275 g/mol. The van der Waals surface area contributed by atoms with E-state index in [9.17, 15) is 0 Å². The molecule has 1 N–H and O–H groups in total. The van der Waals surface area contributed by atoms with Crippen LogP contribution < -0.4 is 5.32 Å². The highest BCUT2D eigenvalue weighted by Gasteiger charge is 2.20. The molecule has 0 spiro atoms. The number of hydrogen-bond donors (Lipinski definition) is 1. The topological polar surface area (TPSA) is 12.0 Å². The second kappa shape index (κ2) is 6.76. The van der Waals surface area contributed by atoms with Gasteiger partial charge in [0.15, 0.2) is 0 Å². The molecule has 114 valence electrons. The van der Waals surface area contributed by atoms with Gasteiger partial charge in [-0.1, -0.05) is 45.0 Å². The van der Waals surface area contributed by atoms with Crippen LogP contribution in [0.1, 0.15) is 71.4 Å². The fourth-order valence-corrected chi connectivity index (χ4v) is 2.45. The Balaban J connectivity index is 2.82. The van der Waals surface area contributed by atoms with Gasteiger partial charge in [0.2, 0.25) is 0 Å². The molecule has 0 fully saturated rings. The summed E-state index contributed by atoms with van der Waals surface area (Å²) in [7, 11) is 0. The fourth-order valence-electron chi connectivity index (χ4n) is 2.45. The van der Waals surface area contributed by atoms with Gasteiger partial charge in [-0.2, -0.15) is 0 Å². The molecule has 0 amide bonds. The van der Waals surface area contributed by atoms with Gasteiger partial charge in [-0.3, -0.25) is 0 Å². The third kappa shape index (κ3) is 6.56. The zero-order chi connectivity index (χ0) is 15.4. The zero-order valence-corrected chi connectivity index (χ0v) is 14.5. The standard InChI is InChI=1S/C19H33N/c1-15-10-8-9-11-17(15)16(12-13-18(2,3)4)14-20-19(5,6)7/h8-11,16,20H,12-14H2,1-7H3. The smallest absolute Gasteiger partial charge is 0.00967 e. The van der Waals surface area contributed by atoms with Crippen molar-refractivity contribution < 1.29 is 0 Å². The summed E-state index contributed by atoms with van der Waals surface area (Å²) in [5.74, 6) is 0.606. The maximum absolute atomic E-state index is 3.68. The molecule has 0 saturated heterocycles. The Morgan fingerprint density at radius 1 is 1.00 bits per heavy atom. The van der Waals surface area contributed by atoms with Crippen LogP contribution in [0.3, 0.4) is 0 Å². The van der Waals surface area contributed by atoms with E-state index in [0.717, 1.165) is 6.54 Å². The zero-order valence-electron chi connectivity index (χ0n) is 14.5. The van der Waals surface area contributed by atoms with Gasteiger partial charge in [-0.05, 0) is 63.0 Å². The van der Waals surface area contributed by atoms with Crippen LogP contribution in [0.15, 0.2) is 24.3 Å². The Morgan fingerprint density at radius 3 is 2.10 bits per heavy atom. The minimum absolute atomic E-state index is 0.183. The van der Waals surface area contributed by atoms with Gasteiger partial charge >= 0.3 is 0 Å². The molecule has 1 aromatic rings. The van der Waals surface area contributed by atoms with Crippen LogP contribution in [0.25, 0.3) is 0 Å². The normalized spacial score (nSPS) is 14.3. The second-order valence-electron chi connectivity index (χ2n) is 8.28. The van der Waals surface area contributed by atoms with Crippen LogP contribution in [0, 0.1) is 12.3 Å². The quantitative estimate of drug-likeness (QED) is 0.769. The van der Waals surface area contributed by atoms with E-state index < -0.39 is 0 Å². The van der Waals surface area contributed by atoms with Crippen LogP contribution in [0.4, 0.5) is 0 Å². The van der Waals surface area contributed by atoms with E-state index in [2.05, 4.69) is 78.0 Å². The van der Waals surface area contributed by atoms with Crippen molar-refractivity contribution in [2.75, 3.05) is 6.54 Å². The van der Waals surface area contributed by atoms with Crippen molar-refractivity contribution in [1.82, 2.24) is 5.32 Å². The van der Waals surface area contributed by atoms with Crippen molar-refractivity contribution in [2.24, 2.45) is 5.41 Å². The number of benzene rings is 1. The summed E-state index contributed by atoms with van der Waals surface area (Å²) in [4.78, 5) is 0. The van der Waals surface area contributed by atoms with Gasteiger partial charge < -0.3 is 5.32 Å². The van der Waals surface area contributed by atoms with Crippen LogP contribution >= 0.6 is 0 Å². The highest BCUT2D eigenvalue weighted by atomic mass is 14.9. The van der Waals surface area contributed by atoms with Crippen molar-refractivity contribution in [1.29, 1.82) is 0 Å². The first kappa shape index (κ1) is 17.2. The molecule has 0 heterocycles. The maximum atomic E-state index is 3.68. The summed E-state index contributed by atoms with van der Waals surface area (Å²) in [6.07, 6.45) is 2.51. The van der Waals surface area contributed by atoms with E-state index in [-0.39, 0.29) is 5.54 Å². The summed E-state index contributed by atoms with van der Waals surface area (Å²) in [6, 6.07) is 8.84. The SMILES string of the molecule is Cc1ccccc1C(CCC(C)(C)C)CNC(C)(C)C. The molecule has 0 radical (unpaired) electrons. The number of aryl methyl sites for hydroxylation is 1. The van der Waals surface area contributed by atoms with E-state index in [4.69, 9.17) is 0 Å². The minimum Gasteiger partial charge on any atom is -0.311 e. The van der Waals surface area contributed by atoms with Crippen molar-refractivity contribution >= 4 is 0 Å². The molecule has 0 aliphatic carbocycles. The molecule has 1 heteroatoms. The number of hydrogen-bond acceptors (Lipinski definition) is 1. The largest absolute Gasteiger partial charge is 0.311 e. The van der Waals surface area contributed by atoms with Gasteiger partial charge in [-0.15, -0.1) is 0 Å². The maximum Gasteiger partial charge on any atom is 0.00967 e. The summed E-state index contributed by atoms with van der Waals surface area (Å²) in [5, 5.41) is 3.68. The molecule has 1 unspecified atom stereocenters. The molecule has 1 atom stereocenters. The highest BCUT2D eigenvalue weighted by Crippen LogP contribution is 2.30. The first-order valence-corrected chi connectivity index (χ1v) is 7.89. The molecule has 0 aliphatic heterocycles. The molecule has 0 aliphatic rings. The van der Waals surface area contributed by atoms with Crippen LogP contribution in [0.5, 0.6) is 0 Å². The number of rotatable bonds is 5. The third-order valence-electron chi connectivity index (χ3n) is 3.75. The van der Waals surface area contributed by atoms with Crippen molar-refractivity contribution in [3.8, 4) is 0 Å². The lowest BCUT2D eigenvalue weighted by Gasteiger charge is -2.28. The Labute approximate surface area is 126 Å². The van der Waals surface area contributed by atoms with E-state index >= 15 is 0 Å². The Bertz CT molecular complexity index is 389.